The minimum atomic E-state index is -0.757. The van der Waals surface area contributed by atoms with Crippen molar-refractivity contribution >= 4 is 5.97 Å². The molecule has 0 radical (unpaired) electrons. The lowest BCUT2D eigenvalue weighted by Gasteiger charge is -2.22. The zero-order valence-electron chi connectivity index (χ0n) is 10.9. The smallest absolute Gasteiger partial charge is 0.308 e. The first-order chi connectivity index (χ1) is 7.26. The number of carbonyl (C=O) groups excluding carboxylic acids is 1. The molecule has 0 heterocycles. The van der Waals surface area contributed by atoms with Crippen molar-refractivity contribution in [1.82, 2.24) is 0 Å². The summed E-state index contributed by atoms with van der Waals surface area (Å²) in [4.78, 5) is 11.3. The molecule has 0 fully saturated rings. The van der Waals surface area contributed by atoms with Gasteiger partial charge in [0.2, 0.25) is 0 Å². The average molecular weight is 232 g/mol. The third-order valence-electron chi connectivity index (χ3n) is 2.14. The third kappa shape index (κ3) is 7.65. The lowest BCUT2D eigenvalue weighted by atomic mass is 10.1. The number of rotatable bonds is 6. The van der Waals surface area contributed by atoms with E-state index in [9.17, 15) is 9.90 Å². The van der Waals surface area contributed by atoms with E-state index < -0.39 is 6.10 Å². The van der Waals surface area contributed by atoms with E-state index in [4.69, 9.17) is 9.47 Å². The molecule has 1 N–H and O–H groups in total. The fourth-order valence-electron chi connectivity index (χ4n) is 0.882. The summed E-state index contributed by atoms with van der Waals surface area (Å²) in [5, 5.41) is 9.51. The van der Waals surface area contributed by atoms with Crippen molar-refractivity contribution in [2.24, 2.45) is 5.92 Å². The van der Waals surface area contributed by atoms with E-state index in [2.05, 4.69) is 0 Å². The Morgan fingerprint density at radius 3 is 2.31 bits per heavy atom. The van der Waals surface area contributed by atoms with E-state index in [0.717, 1.165) is 6.42 Å². The predicted octanol–water partition coefficient (Wildman–Crippen LogP) is 1.75. The monoisotopic (exact) mass is 232 g/mol. The van der Waals surface area contributed by atoms with Crippen LogP contribution in [0.4, 0.5) is 0 Å². The van der Waals surface area contributed by atoms with Crippen LogP contribution in [0.3, 0.4) is 0 Å². The standard InChI is InChI=1S/C12H24O4/c1-6-9(2)11(14)15-7-10(13)8-16-12(3,4)5/h9-10,13H,6-8H2,1-5H3. The molecule has 0 aromatic heterocycles. The summed E-state index contributed by atoms with van der Waals surface area (Å²) in [5.41, 5.74) is -0.290. The minimum Gasteiger partial charge on any atom is -0.463 e. The van der Waals surface area contributed by atoms with Crippen LogP contribution in [-0.2, 0) is 14.3 Å². The molecule has 0 aromatic carbocycles. The Labute approximate surface area is 97.9 Å². The molecule has 4 heteroatoms. The predicted molar refractivity (Wildman–Crippen MR) is 62.1 cm³/mol. The highest BCUT2D eigenvalue weighted by atomic mass is 16.6. The van der Waals surface area contributed by atoms with Crippen LogP contribution in [0.1, 0.15) is 41.0 Å². The molecule has 4 nitrogen and oxygen atoms in total. The third-order valence-corrected chi connectivity index (χ3v) is 2.14. The topological polar surface area (TPSA) is 55.8 Å². The van der Waals surface area contributed by atoms with Gasteiger partial charge in [-0.2, -0.15) is 0 Å². The number of aliphatic hydroxyl groups is 1. The summed E-state index contributed by atoms with van der Waals surface area (Å²) < 4.78 is 10.3. The second-order valence-electron chi connectivity index (χ2n) is 5.02. The van der Waals surface area contributed by atoms with Crippen LogP contribution < -0.4 is 0 Å². The molecule has 0 saturated carbocycles. The van der Waals surface area contributed by atoms with Gasteiger partial charge in [0.25, 0.3) is 0 Å². The lowest BCUT2D eigenvalue weighted by molar-refractivity contribution is -0.153. The SMILES string of the molecule is CCC(C)C(=O)OCC(O)COC(C)(C)C. The van der Waals surface area contributed by atoms with Gasteiger partial charge in [0.1, 0.15) is 12.7 Å². The first-order valence-electron chi connectivity index (χ1n) is 5.75. The Balaban J connectivity index is 3.73. The Hall–Kier alpha value is -0.610. The molecular weight excluding hydrogens is 208 g/mol. The van der Waals surface area contributed by atoms with Crippen LogP contribution in [0, 0.1) is 5.92 Å². The van der Waals surface area contributed by atoms with Crippen molar-refractivity contribution in [3.63, 3.8) is 0 Å². The van der Waals surface area contributed by atoms with Crippen LogP contribution in [0.25, 0.3) is 0 Å². The molecular formula is C12H24O4. The van der Waals surface area contributed by atoms with E-state index in [0.29, 0.717) is 0 Å². The fourth-order valence-corrected chi connectivity index (χ4v) is 0.882. The molecule has 2 atom stereocenters. The summed E-state index contributed by atoms with van der Waals surface area (Å²) >= 11 is 0. The van der Waals surface area contributed by atoms with Crippen LogP contribution in [-0.4, -0.2) is 36.0 Å². The van der Waals surface area contributed by atoms with Gasteiger partial charge in [-0.25, -0.2) is 0 Å². The molecule has 0 aliphatic carbocycles. The molecule has 0 rings (SSSR count). The number of hydrogen-bond donors (Lipinski definition) is 1. The van der Waals surface area contributed by atoms with Crippen molar-refractivity contribution in [3.8, 4) is 0 Å². The van der Waals surface area contributed by atoms with Gasteiger partial charge in [0.05, 0.1) is 18.1 Å². The van der Waals surface area contributed by atoms with Crippen molar-refractivity contribution in [1.29, 1.82) is 0 Å². The van der Waals surface area contributed by atoms with E-state index in [1.807, 2.05) is 27.7 Å². The average Bonchev–Trinajstić information content (AvgIpc) is 2.20. The second kappa shape index (κ2) is 6.86. The molecule has 0 aliphatic rings. The van der Waals surface area contributed by atoms with Gasteiger partial charge in [0, 0.05) is 0 Å². The highest BCUT2D eigenvalue weighted by Gasteiger charge is 2.17. The van der Waals surface area contributed by atoms with E-state index >= 15 is 0 Å². The number of carbonyl (C=O) groups is 1. The number of esters is 1. The van der Waals surface area contributed by atoms with Gasteiger partial charge in [-0.15, -0.1) is 0 Å². The van der Waals surface area contributed by atoms with Gasteiger partial charge in [-0.1, -0.05) is 13.8 Å². The Bertz CT molecular complexity index is 208. The second-order valence-corrected chi connectivity index (χ2v) is 5.02. The number of ether oxygens (including phenoxy) is 2. The van der Waals surface area contributed by atoms with Gasteiger partial charge in [0.15, 0.2) is 0 Å². The molecule has 96 valence electrons. The summed E-state index contributed by atoms with van der Waals surface area (Å²) in [6, 6.07) is 0. The maximum atomic E-state index is 11.3. The van der Waals surface area contributed by atoms with Gasteiger partial charge in [-0.3, -0.25) is 4.79 Å². The Morgan fingerprint density at radius 1 is 1.31 bits per heavy atom. The van der Waals surface area contributed by atoms with Crippen molar-refractivity contribution in [3.05, 3.63) is 0 Å². The molecule has 16 heavy (non-hydrogen) atoms. The number of hydrogen-bond acceptors (Lipinski definition) is 4. The highest BCUT2D eigenvalue weighted by Crippen LogP contribution is 2.08. The molecule has 0 aromatic rings. The van der Waals surface area contributed by atoms with Crippen molar-refractivity contribution in [2.45, 2.75) is 52.7 Å². The summed E-state index contributed by atoms with van der Waals surface area (Å²) in [7, 11) is 0. The lowest BCUT2D eigenvalue weighted by Crippen LogP contribution is -2.30. The first-order valence-corrected chi connectivity index (χ1v) is 5.75. The van der Waals surface area contributed by atoms with E-state index in [1.54, 1.807) is 6.92 Å². The molecule has 0 saturated heterocycles. The van der Waals surface area contributed by atoms with Crippen LogP contribution in [0.2, 0.25) is 0 Å². The summed E-state index contributed by atoms with van der Waals surface area (Å²) in [6.45, 7) is 9.63. The minimum absolute atomic E-state index is 0.000741. The van der Waals surface area contributed by atoms with Crippen LogP contribution in [0.5, 0.6) is 0 Å². The van der Waals surface area contributed by atoms with Gasteiger partial charge >= 0.3 is 5.97 Å². The summed E-state index contributed by atoms with van der Waals surface area (Å²) in [6.07, 6.45) is -0.0137. The van der Waals surface area contributed by atoms with Crippen molar-refractivity contribution in [2.75, 3.05) is 13.2 Å². The van der Waals surface area contributed by atoms with Gasteiger partial charge in [-0.05, 0) is 27.2 Å². The fraction of sp³-hybridized carbons (Fsp3) is 0.917. The molecule has 0 spiro atoms. The maximum absolute atomic E-state index is 11.3. The summed E-state index contributed by atoms with van der Waals surface area (Å²) in [5.74, 6) is -0.381. The van der Waals surface area contributed by atoms with E-state index in [-0.39, 0.29) is 30.7 Å². The molecule has 0 bridgehead atoms. The molecule has 0 amide bonds. The number of aliphatic hydroxyl groups excluding tert-OH is 1. The van der Waals surface area contributed by atoms with Crippen LogP contribution in [0.15, 0.2) is 0 Å². The zero-order chi connectivity index (χ0) is 12.8. The first kappa shape index (κ1) is 15.4. The molecule has 0 aliphatic heterocycles. The normalized spacial score (nSPS) is 15.6. The Morgan fingerprint density at radius 2 is 1.88 bits per heavy atom. The van der Waals surface area contributed by atoms with Crippen LogP contribution >= 0.6 is 0 Å². The Kier molecular flexibility index (Phi) is 6.60. The van der Waals surface area contributed by atoms with Crippen molar-refractivity contribution < 1.29 is 19.4 Å². The molecule has 2 unspecified atom stereocenters. The largest absolute Gasteiger partial charge is 0.463 e. The van der Waals surface area contributed by atoms with E-state index in [1.165, 1.54) is 0 Å². The quantitative estimate of drug-likeness (QED) is 0.709. The zero-order valence-corrected chi connectivity index (χ0v) is 10.9. The highest BCUT2D eigenvalue weighted by molar-refractivity contribution is 5.71. The maximum Gasteiger partial charge on any atom is 0.308 e. The van der Waals surface area contributed by atoms with Gasteiger partial charge < -0.3 is 14.6 Å².